The van der Waals surface area contributed by atoms with E-state index in [2.05, 4.69) is 55.1 Å². The Morgan fingerprint density at radius 3 is 2.53 bits per heavy atom. The van der Waals surface area contributed by atoms with Crippen molar-refractivity contribution in [2.24, 2.45) is 11.7 Å². The summed E-state index contributed by atoms with van der Waals surface area (Å²) in [7, 11) is 4.15. The predicted octanol–water partition coefficient (Wildman–Crippen LogP) is 2.31. The van der Waals surface area contributed by atoms with Gasteiger partial charge in [0.2, 0.25) is 0 Å². The highest BCUT2D eigenvalue weighted by atomic mass is 15.2. The van der Waals surface area contributed by atoms with Crippen LogP contribution in [0.3, 0.4) is 0 Å². The van der Waals surface area contributed by atoms with Crippen LogP contribution in [0.5, 0.6) is 0 Å². The summed E-state index contributed by atoms with van der Waals surface area (Å²) in [6, 6.07) is 9.41. The number of benzene rings is 1. The highest BCUT2D eigenvalue weighted by molar-refractivity contribution is 5.45. The molecule has 1 aliphatic heterocycles. The van der Waals surface area contributed by atoms with E-state index in [1.165, 1.54) is 30.6 Å². The Bertz CT molecular complexity index is 385. The third kappa shape index (κ3) is 3.71. The van der Waals surface area contributed by atoms with Crippen LogP contribution >= 0.6 is 0 Å². The van der Waals surface area contributed by atoms with Gasteiger partial charge < -0.3 is 10.6 Å². The smallest absolute Gasteiger partial charge is 0.0361 e. The minimum absolute atomic E-state index is 0.553. The van der Waals surface area contributed by atoms with Gasteiger partial charge in [0.15, 0.2) is 0 Å². The summed E-state index contributed by atoms with van der Waals surface area (Å²) in [5.74, 6) is 0.820. The van der Waals surface area contributed by atoms with Crippen molar-refractivity contribution in [1.29, 1.82) is 0 Å². The van der Waals surface area contributed by atoms with Gasteiger partial charge >= 0.3 is 0 Å². The second kappa shape index (κ2) is 6.40. The molecule has 1 aromatic rings. The number of rotatable bonds is 4. The molecule has 3 heteroatoms. The minimum Gasteiger partial charge on any atom is -0.378 e. The molecule has 0 aromatic heterocycles. The van der Waals surface area contributed by atoms with Crippen LogP contribution < -0.4 is 10.6 Å². The lowest BCUT2D eigenvalue weighted by atomic mass is 9.92. The standard InChI is InChI=1S/C16H27N3/c1-13-8-9-19(16(10-13)11-17)12-14-4-6-15(7-5-14)18(2)3/h4-7,13,16H,8-12,17H2,1-3H3. The van der Waals surface area contributed by atoms with Crippen LogP contribution in [0.4, 0.5) is 5.69 Å². The summed E-state index contributed by atoms with van der Waals surface area (Å²) >= 11 is 0. The zero-order chi connectivity index (χ0) is 13.8. The molecule has 2 atom stereocenters. The molecule has 2 N–H and O–H groups in total. The molecule has 0 bridgehead atoms. The first-order valence-corrected chi connectivity index (χ1v) is 7.30. The van der Waals surface area contributed by atoms with Crippen LogP contribution in [0.2, 0.25) is 0 Å². The lowest BCUT2D eigenvalue weighted by Crippen LogP contribution is -2.45. The van der Waals surface area contributed by atoms with Gasteiger partial charge in [0.1, 0.15) is 0 Å². The van der Waals surface area contributed by atoms with Gasteiger partial charge in [0.05, 0.1) is 0 Å². The summed E-state index contributed by atoms with van der Waals surface area (Å²) < 4.78 is 0. The Balaban J connectivity index is 1.99. The third-order valence-corrected chi connectivity index (χ3v) is 4.21. The molecule has 0 saturated carbocycles. The number of hydrogen-bond acceptors (Lipinski definition) is 3. The van der Waals surface area contributed by atoms with E-state index in [0.717, 1.165) is 19.0 Å². The number of nitrogens with zero attached hydrogens (tertiary/aromatic N) is 2. The number of piperidine rings is 1. The fourth-order valence-corrected chi connectivity index (χ4v) is 2.89. The monoisotopic (exact) mass is 261 g/mol. The van der Waals surface area contributed by atoms with Crippen molar-refractivity contribution in [2.45, 2.75) is 32.4 Å². The van der Waals surface area contributed by atoms with Gasteiger partial charge in [0, 0.05) is 38.9 Å². The van der Waals surface area contributed by atoms with Crippen molar-refractivity contribution in [3.8, 4) is 0 Å². The fraction of sp³-hybridized carbons (Fsp3) is 0.625. The Hall–Kier alpha value is -1.06. The van der Waals surface area contributed by atoms with Crippen molar-refractivity contribution < 1.29 is 0 Å². The number of anilines is 1. The van der Waals surface area contributed by atoms with E-state index in [1.807, 2.05) is 0 Å². The first-order chi connectivity index (χ1) is 9.10. The number of likely N-dealkylation sites (tertiary alicyclic amines) is 1. The van der Waals surface area contributed by atoms with Crippen LogP contribution in [-0.4, -0.2) is 38.1 Å². The van der Waals surface area contributed by atoms with Crippen LogP contribution in [0, 0.1) is 5.92 Å². The molecular weight excluding hydrogens is 234 g/mol. The first-order valence-electron chi connectivity index (χ1n) is 7.30. The summed E-state index contributed by atoms with van der Waals surface area (Å²) in [5, 5.41) is 0. The van der Waals surface area contributed by atoms with Crippen LogP contribution in [0.25, 0.3) is 0 Å². The van der Waals surface area contributed by atoms with Gasteiger partial charge in [-0.2, -0.15) is 0 Å². The first kappa shape index (κ1) is 14.4. The lowest BCUT2D eigenvalue weighted by molar-refractivity contribution is 0.115. The molecule has 2 rings (SSSR count). The second-order valence-electron chi connectivity index (χ2n) is 6.05. The molecule has 0 radical (unpaired) electrons. The summed E-state index contributed by atoms with van der Waals surface area (Å²) in [6.07, 6.45) is 2.54. The normalized spacial score (nSPS) is 24.4. The molecule has 0 spiro atoms. The average molecular weight is 261 g/mol. The number of hydrogen-bond donors (Lipinski definition) is 1. The molecule has 106 valence electrons. The van der Waals surface area contributed by atoms with Crippen molar-refractivity contribution in [1.82, 2.24) is 4.90 Å². The maximum absolute atomic E-state index is 5.93. The molecule has 2 unspecified atom stereocenters. The van der Waals surface area contributed by atoms with Gasteiger partial charge in [0.25, 0.3) is 0 Å². The minimum atomic E-state index is 0.553. The highest BCUT2D eigenvalue weighted by Crippen LogP contribution is 2.24. The molecule has 1 fully saturated rings. The molecule has 0 amide bonds. The topological polar surface area (TPSA) is 32.5 Å². The summed E-state index contributed by atoms with van der Waals surface area (Å²) in [4.78, 5) is 4.68. The van der Waals surface area contributed by atoms with Gasteiger partial charge in [-0.1, -0.05) is 19.1 Å². The van der Waals surface area contributed by atoms with E-state index in [1.54, 1.807) is 0 Å². The van der Waals surface area contributed by atoms with Gasteiger partial charge in [-0.15, -0.1) is 0 Å². The molecule has 1 saturated heterocycles. The lowest BCUT2D eigenvalue weighted by Gasteiger charge is -2.38. The van der Waals surface area contributed by atoms with E-state index in [9.17, 15) is 0 Å². The average Bonchev–Trinajstić information content (AvgIpc) is 2.41. The van der Waals surface area contributed by atoms with Crippen LogP contribution in [0.1, 0.15) is 25.3 Å². The van der Waals surface area contributed by atoms with Crippen LogP contribution in [0.15, 0.2) is 24.3 Å². The molecule has 1 aliphatic rings. The van der Waals surface area contributed by atoms with E-state index in [-0.39, 0.29) is 0 Å². The second-order valence-corrected chi connectivity index (χ2v) is 6.05. The molecular formula is C16H27N3. The van der Waals surface area contributed by atoms with Crippen LogP contribution in [-0.2, 0) is 6.54 Å². The Morgan fingerprint density at radius 2 is 1.95 bits per heavy atom. The van der Waals surface area contributed by atoms with Gasteiger partial charge in [-0.25, -0.2) is 0 Å². The van der Waals surface area contributed by atoms with E-state index < -0.39 is 0 Å². The zero-order valence-corrected chi connectivity index (χ0v) is 12.5. The SMILES string of the molecule is CC1CCN(Cc2ccc(N(C)C)cc2)C(CN)C1. The molecule has 0 aliphatic carbocycles. The van der Waals surface area contributed by atoms with Gasteiger partial charge in [-0.05, 0) is 43.0 Å². The number of nitrogens with two attached hydrogens (primary N) is 1. The largest absolute Gasteiger partial charge is 0.378 e. The van der Waals surface area contributed by atoms with E-state index in [4.69, 9.17) is 5.73 Å². The van der Waals surface area contributed by atoms with Crippen molar-refractivity contribution in [3.05, 3.63) is 29.8 Å². The third-order valence-electron chi connectivity index (χ3n) is 4.21. The Kier molecular flexibility index (Phi) is 4.83. The van der Waals surface area contributed by atoms with Crippen molar-refractivity contribution in [3.63, 3.8) is 0 Å². The predicted molar refractivity (Wildman–Crippen MR) is 82.4 cm³/mol. The maximum Gasteiger partial charge on any atom is 0.0361 e. The maximum atomic E-state index is 5.93. The molecule has 19 heavy (non-hydrogen) atoms. The fourth-order valence-electron chi connectivity index (χ4n) is 2.89. The summed E-state index contributed by atoms with van der Waals surface area (Å²) in [5.41, 5.74) is 8.57. The van der Waals surface area contributed by atoms with Crippen molar-refractivity contribution in [2.75, 3.05) is 32.1 Å². The summed E-state index contributed by atoms with van der Waals surface area (Å²) in [6.45, 7) is 5.33. The zero-order valence-electron chi connectivity index (χ0n) is 12.5. The van der Waals surface area contributed by atoms with Crippen molar-refractivity contribution >= 4 is 5.69 Å². The highest BCUT2D eigenvalue weighted by Gasteiger charge is 2.24. The Morgan fingerprint density at radius 1 is 1.26 bits per heavy atom. The molecule has 3 nitrogen and oxygen atoms in total. The van der Waals surface area contributed by atoms with Gasteiger partial charge in [-0.3, -0.25) is 4.90 Å². The molecule has 1 heterocycles. The molecule has 1 aromatic carbocycles. The van der Waals surface area contributed by atoms with E-state index in [0.29, 0.717) is 6.04 Å². The Labute approximate surface area is 117 Å². The van der Waals surface area contributed by atoms with E-state index >= 15 is 0 Å². The quantitative estimate of drug-likeness (QED) is 0.903.